The SMILES string of the molecule is C=C1CC[C@H]([C@@H](CN)CC2=CC(CC)=C(C)C(C)[I-]2)[I-]C1. The Bertz CT molecular complexity index is 440. The third-order valence-electron chi connectivity index (χ3n) is 4.63. The van der Waals surface area contributed by atoms with E-state index in [2.05, 4.69) is 33.4 Å². The Morgan fingerprint density at radius 1 is 1.48 bits per heavy atom. The van der Waals surface area contributed by atoms with Crippen LogP contribution in [0.2, 0.25) is 0 Å². The van der Waals surface area contributed by atoms with Gasteiger partial charge in [-0.2, -0.15) is 0 Å². The first kappa shape index (κ1) is 18.0. The summed E-state index contributed by atoms with van der Waals surface area (Å²) in [5.41, 5.74) is 10.9. The van der Waals surface area contributed by atoms with Crippen LogP contribution in [0.15, 0.2) is 33.0 Å². The number of hydrogen-bond acceptors (Lipinski definition) is 1. The third-order valence-corrected chi connectivity index (χ3v) is 12.3. The minimum atomic E-state index is 0.184. The summed E-state index contributed by atoms with van der Waals surface area (Å²) < 4.78 is 4.88. The van der Waals surface area contributed by atoms with E-state index in [9.17, 15) is 0 Å². The van der Waals surface area contributed by atoms with E-state index in [-0.39, 0.29) is 21.2 Å². The molecular formula is C18H29I2N-2. The average Bonchev–Trinajstić information content (AvgIpc) is 2.49. The fourth-order valence-electron chi connectivity index (χ4n) is 3.03. The molecule has 1 unspecified atom stereocenters. The maximum atomic E-state index is 6.15. The normalized spacial score (nSPS) is 29.3. The van der Waals surface area contributed by atoms with E-state index < -0.39 is 0 Å². The minimum absolute atomic E-state index is 0.184. The molecule has 0 aromatic carbocycles. The monoisotopic (exact) mass is 513 g/mol. The Hall–Kier alpha value is 0.640. The number of allylic oxidation sites excluding steroid dienone is 5. The molecule has 1 saturated heterocycles. The molecule has 1 nitrogen and oxygen atoms in total. The molecule has 0 saturated carbocycles. The summed E-state index contributed by atoms with van der Waals surface area (Å²) in [5.74, 6) is 0.751. The van der Waals surface area contributed by atoms with Crippen molar-refractivity contribution in [2.75, 3.05) is 11.0 Å². The van der Waals surface area contributed by atoms with Crippen LogP contribution in [-0.4, -0.2) is 18.8 Å². The van der Waals surface area contributed by atoms with Gasteiger partial charge in [-0.15, -0.1) is 0 Å². The zero-order chi connectivity index (χ0) is 15.4. The Morgan fingerprint density at radius 2 is 2.24 bits per heavy atom. The molecule has 21 heavy (non-hydrogen) atoms. The molecule has 0 aliphatic carbocycles. The Labute approximate surface area is 151 Å². The van der Waals surface area contributed by atoms with Gasteiger partial charge in [-0.1, -0.05) is 0 Å². The third kappa shape index (κ3) is 4.80. The molecule has 3 heteroatoms. The van der Waals surface area contributed by atoms with Crippen LogP contribution >= 0.6 is 0 Å². The molecule has 0 amide bonds. The molecule has 122 valence electrons. The van der Waals surface area contributed by atoms with E-state index in [4.69, 9.17) is 5.73 Å². The topological polar surface area (TPSA) is 26.0 Å². The molecule has 2 aliphatic heterocycles. The van der Waals surface area contributed by atoms with Gasteiger partial charge in [0.2, 0.25) is 0 Å². The molecule has 0 radical (unpaired) electrons. The van der Waals surface area contributed by atoms with Crippen LogP contribution in [0.1, 0.15) is 46.5 Å². The van der Waals surface area contributed by atoms with E-state index in [0.717, 1.165) is 20.3 Å². The van der Waals surface area contributed by atoms with Crippen LogP contribution in [0.4, 0.5) is 0 Å². The Morgan fingerprint density at radius 3 is 2.81 bits per heavy atom. The van der Waals surface area contributed by atoms with Crippen LogP contribution in [0.25, 0.3) is 0 Å². The van der Waals surface area contributed by atoms with E-state index in [1.165, 1.54) is 35.7 Å². The molecule has 2 aliphatic rings. The van der Waals surface area contributed by atoms with Crippen molar-refractivity contribution >= 4 is 0 Å². The fourth-order valence-corrected chi connectivity index (χ4v) is 10.1. The summed E-state index contributed by atoms with van der Waals surface area (Å²) in [6, 6.07) is 0. The molecule has 0 spiro atoms. The first-order valence-corrected chi connectivity index (χ1v) is 13.1. The van der Waals surface area contributed by atoms with Crippen LogP contribution in [0.5, 0.6) is 0 Å². The average molecular weight is 513 g/mol. The maximum absolute atomic E-state index is 6.15. The van der Waals surface area contributed by atoms with Crippen molar-refractivity contribution in [3.8, 4) is 0 Å². The van der Waals surface area contributed by atoms with Gasteiger partial charge in [0.05, 0.1) is 0 Å². The van der Waals surface area contributed by atoms with E-state index >= 15 is 0 Å². The molecule has 0 aromatic rings. The van der Waals surface area contributed by atoms with Gasteiger partial charge in [-0.3, -0.25) is 0 Å². The van der Waals surface area contributed by atoms with Gasteiger partial charge >= 0.3 is 152 Å². The molecular weight excluding hydrogens is 484 g/mol. The van der Waals surface area contributed by atoms with Crippen molar-refractivity contribution in [1.82, 2.24) is 0 Å². The molecule has 2 N–H and O–H groups in total. The summed E-state index contributed by atoms with van der Waals surface area (Å²) in [7, 11) is 0. The molecule has 0 aromatic heterocycles. The second-order valence-corrected chi connectivity index (χ2v) is 13.3. The van der Waals surface area contributed by atoms with Crippen molar-refractivity contribution in [2.24, 2.45) is 11.7 Å². The second-order valence-electron chi connectivity index (χ2n) is 6.17. The fraction of sp³-hybridized carbons (Fsp3) is 0.667. The van der Waals surface area contributed by atoms with Crippen LogP contribution in [-0.2, 0) is 0 Å². The molecule has 0 bridgehead atoms. The molecule has 2 heterocycles. The van der Waals surface area contributed by atoms with Crippen molar-refractivity contribution in [2.45, 2.75) is 54.3 Å². The second kappa shape index (κ2) is 8.48. The van der Waals surface area contributed by atoms with Gasteiger partial charge < -0.3 is 0 Å². The number of hydrogen-bond donors (Lipinski definition) is 1. The molecule has 2 rings (SSSR count). The summed E-state index contributed by atoms with van der Waals surface area (Å²) >= 11 is 0.475. The number of halogens is 2. The van der Waals surface area contributed by atoms with E-state index in [1.807, 2.05) is 0 Å². The van der Waals surface area contributed by atoms with Crippen molar-refractivity contribution in [3.05, 3.63) is 33.0 Å². The molecule has 3 atom stereocenters. The van der Waals surface area contributed by atoms with Gasteiger partial charge in [0.1, 0.15) is 0 Å². The standard InChI is InChI=1S/C18H29I2N/c1-5-15-8-17(20-14(4)13(15)3)9-16(11-21)18-7-6-12(2)10-19-18/h8,14,16,18H,2,5-7,9-11,21H2,1,3-4H3/q-2/t14?,16-,18-/m1/s1. The Balaban J connectivity index is 2.03. The van der Waals surface area contributed by atoms with Gasteiger partial charge in [0.25, 0.3) is 0 Å². The van der Waals surface area contributed by atoms with Gasteiger partial charge in [0, 0.05) is 0 Å². The zero-order valence-electron chi connectivity index (χ0n) is 13.6. The summed E-state index contributed by atoms with van der Waals surface area (Å²) in [6.07, 6.45) is 7.65. The van der Waals surface area contributed by atoms with Crippen molar-refractivity contribution in [3.63, 3.8) is 0 Å². The van der Waals surface area contributed by atoms with Crippen molar-refractivity contribution in [1.29, 1.82) is 0 Å². The quantitative estimate of drug-likeness (QED) is 0.254. The predicted octanol–water partition coefficient (Wildman–Crippen LogP) is -2.14. The zero-order valence-corrected chi connectivity index (χ0v) is 17.9. The van der Waals surface area contributed by atoms with Crippen LogP contribution < -0.4 is 48.1 Å². The molecule has 1 fully saturated rings. The van der Waals surface area contributed by atoms with Crippen LogP contribution in [0, 0.1) is 5.92 Å². The summed E-state index contributed by atoms with van der Waals surface area (Å²) in [4.78, 5) is 0. The summed E-state index contributed by atoms with van der Waals surface area (Å²) in [6.45, 7) is 12.1. The number of nitrogens with two attached hydrogens (primary N) is 1. The van der Waals surface area contributed by atoms with Crippen LogP contribution in [0.3, 0.4) is 0 Å². The van der Waals surface area contributed by atoms with E-state index in [1.54, 1.807) is 14.7 Å². The Kier molecular flexibility index (Phi) is 7.26. The van der Waals surface area contributed by atoms with Gasteiger partial charge in [0.15, 0.2) is 0 Å². The predicted molar refractivity (Wildman–Crippen MR) is 84.7 cm³/mol. The van der Waals surface area contributed by atoms with Gasteiger partial charge in [-0.05, 0) is 0 Å². The summed E-state index contributed by atoms with van der Waals surface area (Å²) in [5, 5.41) is 0. The number of alkyl halides is 3. The van der Waals surface area contributed by atoms with Crippen molar-refractivity contribution < 1.29 is 42.4 Å². The number of rotatable bonds is 5. The van der Waals surface area contributed by atoms with E-state index in [0.29, 0.717) is 21.2 Å². The first-order chi connectivity index (χ1) is 10.0. The van der Waals surface area contributed by atoms with Gasteiger partial charge in [-0.25, -0.2) is 0 Å². The first-order valence-electron chi connectivity index (χ1n) is 8.03.